The van der Waals surface area contributed by atoms with Crippen molar-refractivity contribution in [1.82, 2.24) is 25.4 Å². The summed E-state index contributed by atoms with van der Waals surface area (Å²) in [7, 11) is 1.84. The number of hydrogen-bond acceptors (Lipinski definition) is 4. The topological polar surface area (TPSA) is 81.1 Å². The molecule has 2 N–H and O–H groups in total. The third-order valence-corrected chi connectivity index (χ3v) is 3.44. The lowest BCUT2D eigenvalue weighted by Crippen LogP contribution is -2.44. The van der Waals surface area contributed by atoms with Crippen LogP contribution >= 0.6 is 0 Å². The average Bonchev–Trinajstić information content (AvgIpc) is 2.92. The number of amides is 2. The van der Waals surface area contributed by atoms with Gasteiger partial charge in [-0.25, -0.2) is 4.79 Å². The van der Waals surface area contributed by atoms with Gasteiger partial charge in [-0.2, -0.15) is 0 Å². The second-order valence-corrected chi connectivity index (χ2v) is 5.62. The highest BCUT2D eigenvalue weighted by molar-refractivity contribution is 5.74. The normalized spacial score (nSPS) is 13.2. The molecule has 2 aromatic rings. The molecule has 2 rings (SSSR count). The number of benzene rings is 1. The van der Waals surface area contributed by atoms with Crippen molar-refractivity contribution in [3.8, 4) is 5.75 Å². The number of nitrogens with one attached hydrogen (secondary N) is 2. The molecule has 1 aromatic heterocycles. The fourth-order valence-electron chi connectivity index (χ4n) is 2.19. The molecule has 0 saturated heterocycles. The van der Waals surface area contributed by atoms with Crippen LogP contribution in [0.15, 0.2) is 30.6 Å². The van der Waals surface area contributed by atoms with Crippen LogP contribution in [0.4, 0.5) is 4.79 Å². The van der Waals surface area contributed by atoms with Gasteiger partial charge in [0.2, 0.25) is 0 Å². The van der Waals surface area contributed by atoms with Gasteiger partial charge >= 0.3 is 6.03 Å². The molecule has 2 unspecified atom stereocenters. The first-order valence-electron chi connectivity index (χ1n) is 7.56. The minimum absolute atomic E-state index is 0.124. The summed E-state index contributed by atoms with van der Waals surface area (Å²) in [6.07, 6.45) is 1.60. The Morgan fingerprint density at radius 1 is 1.30 bits per heavy atom. The zero-order valence-corrected chi connectivity index (χ0v) is 13.9. The third kappa shape index (κ3) is 4.70. The van der Waals surface area contributed by atoms with Gasteiger partial charge in [-0.1, -0.05) is 18.2 Å². The molecule has 0 spiro atoms. The van der Waals surface area contributed by atoms with Crippen LogP contribution in [-0.4, -0.2) is 33.4 Å². The van der Waals surface area contributed by atoms with E-state index >= 15 is 0 Å². The fraction of sp³-hybridized carbons (Fsp3) is 0.438. The van der Waals surface area contributed by atoms with E-state index in [-0.39, 0.29) is 18.1 Å². The molecule has 1 heterocycles. The highest BCUT2D eigenvalue weighted by Gasteiger charge is 2.15. The highest BCUT2D eigenvalue weighted by Crippen LogP contribution is 2.16. The summed E-state index contributed by atoms with van der Waals surface area (Å²) in [5.41, 5.74) is 1.07. The molecule has 0 bridgehead atoms. The van der Waals surface area contributed by atoms with Gasteiger partial charge in [0, 0.05) is 7.05 Å². The second kappa shape index (κ2) is 7.62. The molecule has 0 radical (unpaired) electrons. The van der Waals surface area contributed by atoms with Gasteiger partial charge in [-0.3, -0.25) is 0 Å². The molecule has 7 heteroatoms. The van der Waals surface area contributed by atoms with E-state index in [1.165, 1.54) is 0 Å². The van der Waals surface area contributed by atoms with Crippen molar-refractivity contribution in [3.05, 3.63) is 42.0 Å². The summed E-state index contributed by atoms with van der Waals surface area (Å²) in [4.78, 5) is 12.0. The molecular weight excluding hydrogens is 294 g/mol. The van der Waals surface area contributed by atoms with E-state index in [1.807, 2.05) is 52.1 Å². The molecule has 124 valence electrons. The number of carbonyl (C=O) groups excluding carboxylic acids is 1. The maximum absolute atomic E-state index is 12.0. The molecule has 0 aliphatic carbocycles. The first-order chi connectivity index (χ1) is 11.0. The zero-order valence-electron chi connectivity index (χ0n) is 13.9. The number of urea groups is 1. The van der Waals surface area contributed by atoms with E-state index in [1.54, 1.807) is 10.9 Å². The lowest BCUT2D eigenvalue weighted by Gasteiger charge is -2.18. The molecule has 0 aliphatic rings. The van der Waals surface area contributed by atoms with E-state index in [4.69, 9.17) is 4.74 Å². The van der Waals surface area contributed by atoms with Crippen molar-refractivity contribution in [3.63, 3.8) is 0 Å². The minimum atomic E-state index is -0.263. The van der Waals surface area contributed by atoms with Crippen molar-refractivity contribution in [2.45, 2.75) is 32.9 Å². The van der Waals surface area contributed by atoms with E-state index in [0.29, 0.717) is 12.4 Å². The predicted molar refractivity (Wildman–Crippen MR) is 87.2 cm³/mol. The van der Waals surface area contributed by atoms with Crippen LogP contribution in [0.3, 0.4) is 0 Å². The Balaban J connectivity index is 1.78. The monoisotopic (exact) mass is 317 g/mol. The maximum Gasteiger partial charge on any atom is 0.315 e. The van der Waals surface area contributed by atoms with Crippen LogP contribution in [-0.2, 0) is 7.05 Å². The molecule has 1 aromatic carbocycles. The van der Waals surface area contributed by atoms with Crippen molar-refractivity contribution in [1.29, 1.82) is 0 Å². The van der Waals surface area contributed by atoms with E-state index in [9.17, 15) is 4.79 Å². The van der Waals surface area contributed by atoms with Gasteiger partial charge in [0.05, 0.1) is 12.1 Å². The Kier molecular flexibility index (Phi) is 5.56. The largest absolute Gasteiger partial charge is 0.491 e. The summed E-state index contributed by atoms with van der Waals surface area (Å²) in [6, 6.07) is 7.18. The molecule has 0 aliphatic heterocycles. The van der Waals surface area contributed by atoms with Gasteiger partial charge < -0.3 is 19.9 Å². The summed E-state index contributed by atoms with van der Waals surface area (Å²) < 4.78 is 7.50. The molecule has 23 heavy (non-hydrogen) atoms. The van der Waals surface area contributed by atoms with Gasteiger partial charge in [0.15, 0.2) is 5.82 Å². The van der Waals surface area contributed by atoms with E-state index < -0.39 is 0 Å². The van der Waals surface area contributed by atoms with Gasteiger partial charge in [-0.05, 0) is 32.4 Å². The number of hydrogen-bond donors (Lipinski definition) is 2. The fourth-order valence-corrected chi connectivity index (χ4v) is 2.19. The number of aromatic nitrogens is 3. The number of rotatable bonds is 6. The van der Waals surface area contributed by atoms with Crippen LogP contribution in [0.1, 0.15) is 31.3 Å². The quantitative estimate of drug-likeness (QED) is 0.853. The highest BCUT2D eigenvalue weighted by atomic mass is 16.5. The van der Waals surface area contributed by atoms with Crippen molar-refractivity contribution in [2.75, 3.05) is 6.61 Å². The Bertz CT molecular complexity index is 655. The maximum atomic E-state index is 12.0. The number of carbonyl (C=O) groups is 1. The Labute approximate surface area is 136 Å². The average molecular weight is 317 g/mol. The summed E-state index contributed by atoms with van der Waals surface area (Å²) in [5.74, 6) is 1.53. The molecular formula is C16H23N5O2. The van der Waals surface area contributed by atoms with Gasteiger partial charge in [0.25, 0.3) is 0 Å². The summed E-state index contributed by atoms with van der Waals surface area (Å²) >= 11 is 0. The van der Waals surface area contributed by atoms with Crippen LogP contribution in [0.5, 0.6) is 5.75 Å². The van der Waals surface area contributed by atoms with Crippen molar-refractivity contribution >= 4 is 6.03 Å². The SMILES string of the molecule is Cc1ccccc1OCC(C)NC(=O)NC(C)c1nncn1C. The molecule has 2 amide bonds. The Morgan fingerprint density at radius 2 is 2.04 bits per heavy atom. The van der Waals surface area contributed by atoms with E-state index in [2.05, 4.69) is 20.8 Å². The van der Waals surface area contributed by atoms with Crippen LogP contribution in [0, 0.1) is 6.92 Å². The lowest BCUT2D eigenvalue weighted by atomic mass is 10.2. The summed E-state index contributed by atoms with van der Waals surface area (Å²) in [6.45, 7) is 6.14. The number of aryl methyl sites for hydroxylation is 2. The van der Waals surface area contributed by atoms with E-state index in [0.717, 1.165) is 11.3 Å². The van der Waals surface area contributed by atoms with Gasteiger partial charge in [0.1, 0.15) is 18.7 Å². The van der Waals surface area contributed by atoms with Crippen molar-refractivity contribution < 1.29 is 9.53 Å². The standard InChI is InChI=1S/C16H23N5O2/c1-11-7-5-6-8-14(11)23-9-12(2)18-16(22)19-13(3)15-20-17-10-21(15)4/h5-8,10,12-13H,9H2,1-4H3,(H2,18,19,22). The smallest absolute Gasteiger partial charge is 0.315 e. The number of nitrogens with zero attached hydrogens (tertiary/aromatic N) is 3. The van der Waals surface area contributed by atoms with Crippen LogP contribution in [0.2, 0.25) is 0 Å². The predicted octanol–water partition coefficient (Wildman–Crippen LogP) is 1.95. The summed E-state index contributed by atoms with van der Waals surface area (Å²) in [5, 5.41) is 13.5. The van der Waals surface area contributed by atoms with Crippen molar-refractivity contribution in [2.24, 2.45) is 7.05 Å². The molecule has 0 saturated carbocycles. The first-order valence-corrected chi connectivity index (χ1v) is 7.56. The zero-order chi connectivity index (χ0) is 16.8. The number of para-hydroxylation sites is 1. The molecule has 0 fully saturated rings. The van der Waals surface area contributed by atoms with Crippen LogP contribution in [0.25, 0.3) is 0 Å². The Hall–Kier alpha value is -2.57. The third-order valence-electron chi connectivity index (χ3n) is 3.44. The van der Waals surface area contributed by atoms with Gasteiger partial charge in [-0.15, -0.1) is 10.2 Å². The first kappa shape index (κ1) is 16.8. The molecule has 7 nitrogen and oxygen atoms in total. The van der Waals surface area contributed by atoms with Crippen LogP contribution < -0.4 is 15.4 Å². The number of ether oxygens (including phenoxy) is 1. The second-order valence-electron chi connectivity index (χ2n) is 5.62. The lowest BCUT2D eigenvalue weighted by molar-refractivity contribution is 0.223. The Morgan fingerprint density at radius 3 is 2.70 bits per heavy atom. The molecule has 2 atom stereocenters. The minimum Gasteiger partial charge on any atom is -0.491 e.